The Hall–Kier alpha value is -1.58. The molecule has 0 radical (unpaired) electrons. The number of hydrogen-bond donors (Lipinski definition) is 1. The van der Waals surface area contributed by atoms with E-state index in [9.17, 15) is 4.79 Å². The highest BCUT2D eigenvalue weighted by molar-refractivity contribution is 5.69. The Morgan fingerprint density at radius 3 is 2.56 bits per heavy atom. The molecule has 4 nitrogen and oxygen atoms in total. The topological polar surface area (TPSA) is 59.4 Å². The summed E-state index contributed by atoms with van der Waals surface area (Å²) in [5, 5.41) is 9.00. The first kappa shape index (κ1) is 14.5. The third-order valence-corrected chi connectivity index (χ3v) is 3.51. The Labute approximate surface area is 108 Å². The van der Waals surface area contributed by atoms with Crippen LogP contribution in [0.15, 0.2) is 6.20 Å². The number of aliphatic carboxylic acids is 1. The van der Waals surface area contributed by atoms with Crippen LogP contribution < -0.4 is 4.74 Å². The van der Waals surface area contributed by atoms with E-state index in [4.69, 9.17) is 9.84 Å². The maximum Gasteiger partial charge on any atom is 0.306 e. The van der Waals surface area contributed by atoms with Crippen molar-refractivity contribution in [2.45, 2.75) is 34.1 Å². The second-order valence-electron chi connectivity index (χ2n) is 4.85. The molecule has 0 bridgehead atoms. The van der Waals surface area contributed by atoms with E-state index in [0.29, 0.717) is 6.42 Å². The van der Waals surface area contributed by atoms with E-state index >= 15 is 0 Å². The van der Waals surface area contributed by atoms with E-state index in [0.717, 1.165) is 22.6 Å². The molecule has 1 heterocycles. The first-order valence-corrected chi connectivity index (χ1v) is 6.10. The lowest BCUT2D eigenvalue weighted by Crippen LogP contribution is -2.20. The van der Waals surface area contributed by atoms with Gasteiger partial charge in [0.2, 0.25) is 0 Å². The number of carboxylic acid groups (broad SMARTS) is 1. The van der Waals surface area contributed by atoms with Gasteiger partial charge in [-0.1, -0.05) is 13.8 Å². The van der Waals surface area contributed by atoms with Gasteiger partial charge in [-0.15, -0.1) is 0 Å². The molecule has 1 N–H and O–H groups in total. The lowest BCUT2D eigenvalue weighted by atomic mass is 9.90. The number of nitrogens with zero attached hydrogens (tertiary/aromatic N) is 1. The number of rotatable bonds is 5. The number of ether oxygens (including phenoxy) is 1. The van der Waals surface area contributed by atoms with Crippen molar-refractivity contribution in [2.24, 2.45) is 11.8 Å². The third-order valence-electron chi connectivity index (χ3n) is 3.51. The Morgan fingerprint density at radius 1 is 1.44 bits per heavy atom. The monoisotopic (exact) mass is 251 g/mol. The van der Waals surface area contributed by atoms with E-state index in [1.165, 1.54) is 0 Å². The van der Waals surface area contributed by atoms with Crippen molar-refractivity contribution >= 4 is 5.97 Å². The highest BCUT2D eigenvalue weighted by Gasteiger charge is 2.21. The van der Waals surface area contributed by atoms with Crippen LogP contribution in [-0.4, -0.2) is 23.2 Å². The van der Waals surface area contributed by atoms with Crippen molar-refractivity contribution in [1.82, 2.24) is 4.98 Å². The zero-order valence-corrected chi connectivity index (χ0v) is 11.7. The lowest BCUT2D eigenvalue weighted by Gasteiger charge is -2.18. The molecular formula is C14H21NO3. The Morgan fingerprint density at radius 2 is 2.06 bits per heavy atom. The van der Waals surface area contributed by atoms with Crippen molar-refractivity contribution < 1.29 is 14.6 Å². The predicted octanol–water partition coefficient (Wildman–Crippen LogP) is 2.61. The number of aryl methyl sites for hydroxylation is 1. The lowest BCUT2D eigenvalue weighted by molar-refractivity contribution is -0.142. The van der Waals surface area contributed by atoms with Crippen LogP contribution in [0.5, 0.6) is 5.75 Å². The van der Waals surface area contributed by atoms with Gasteiger partial charge in [0.1, 0.15) is 5.75 Å². The van der Waals surface area contributed by atoms with Crippen LogP contribution >= 0.6 is 0 Å². The number of pyridine rings is 1. The summed E-state index contributed by atoms with van der Waals surface area (Å²) >= 11 is 0. The van der Waals surface area contributed by atoms with Crippen molar-refractivity contribution in [1.29, 1.82) is 0 Å². The van der Waals surface area contributed by atoms with Crippen molar-refractivity contribution in [3.05, 3.63) is 23.0 Å². The van der Waals surface area contributed by atoms with Crippen LogP contribution in [0, 0.1) is 25.7 Å². The minimum atomic E-state index is -0.765. The number of hydrogen-bond acceptors (Lipinski definition) is 3. The molecule has 0 fully saturated rings. The van der Waals surface area contributed by atoms with Crippen molar-refractivity contribution in [2.75, 3.05) is 7.11 Å². The maximum absolute atomic E-state index is 10.9. The zero-order valence-electron chi connectivity index (χ0n) is 11.7. The van der Waals surface area contributed by atoms with E-state index in [-0.39, 0.29) is 11.8 Å². The summed E-state index contributed by atoms with van der Waals surface area (Å²) in [6, 6.07) is 0. The molecule has 0 amide bonds. The van der Waals surface area contributed by atoms with Crippen LogP contribution in [-0.2, 0) is 11.2 Å². The molecule has 2 unspecified atom stereocenters. The molecule has 1 aromatic heterocycles. The van der Waals surface area contributed by atoms with E-state index in [1.54, 1.807) is 20.2 Å². The Balaban J connectivity index is 2.95. The molecule has 100 valence electrons. The van der Waals surface area contributed by atoms with E-state index < -0.39 is 5.97 Å². The van der Waals surface area contributed by atoms with E-state index in [2.05, 4.69) is 4.98 Å². The van der Waals surface area contributed by atoms with Gasteiger partial charge in [-0.05, 0) is 26.2 Å². The molecule has 0 saturated heterocycles. The minimum Gasteiger partial charge on any atom is -0.496 e. The van der Waals surface area contributed by atoms with Crippen molar-refractivity contribution in [3.8, 4) is 5.75 Å². The molecule has 4 heteroatoms. The van der Waals surface area contributed by atoms with Crippen LogP contribution in [0.2, 0.25) is 0 Å². The second-order valence-corrected chi connectivity index (χ2v) is 4.85. The molecule has 0 aromatic carbocycles. The second kappa shape index (κ2) is 5.85. The third kappa shape index (κ3) is 3.00. The number of methoxy groups -OCH3 is 1. The Kier molecular flexibility index (Phi) is 4.70. The molecule has 18 heavy (non-hydrogen) atoms. The van der Waals surface area contributed by atoms with Gasteiger partial charge in [-0.3, -0.25) is 9.78 Å². The highest BCUT2D eigenvalue weighted by atomic mass is 16.5. The number of carbonyl (C=O) groups is 1. The average Bonchev–Trinajstić information content (AvgIpc) is 2.32. The normalized spacial score (nSPS) is 14.1. The molecule has 0 saturated carbocycles. The van der Waals surface area contributed by atoms with Gasteiger partial charge in [0, 0.05) is 23.0 Å². The predicted molar refractivity (Wildman–Crippen MR) is 69.9 cm³/mol. The highest BCUT2D eigenvalue weighted by Crippen LogP contribution is 2.26. The van der Waals surface area contributed by atoms with Gasteiger partial charge in [0.05, 0.1) is 13.0 Å². The van der Waals surface area contributed by atoms with Gasteiger partial charge in [-0.25, -0.2) is 0 Å². The van der Waals surface area contributed by atoms with Gasteiger partial charge in [0.15, 0.2) is 0 Å². The molecule has 0 spiro atoms. The first-order chi connectivity index (χ1) is 8.38. The smallest absolute Gasteiger partial charge is 0.306 e. The molecule has 1 aromatic rings. The summed E-state index contributed by atoms with van der Waals surface area (Å²) in [6.07, 6.45) is 2.43. The molecule has 0 aliphatic carbocycles. The summed E-state index contributed by atoms with van der Waals surface area (Å²) in [5.74, 6) is -0.256. The fraction of sp³-hybridized carbons (Fsp3) is 0.571. The van der Waals surface area contributed by atoms with Crippen LogP contribution in [0.3, 0.4) is 0 Å². The summed E-state index contributed by atoms with van der Waals surface area (Å²) in [7, 11) is 1.64. The Bertz CT molecular complexity index is 443. The summed E-state index contributed by atoms with van der Waals surface area (Å²) in [5.41, 5.74) is 2.91. The van der Waals surface area contributed by atoms with Gasteiger partial charge < -0.3 is 9.84 Å². The fourth-order valence-corrected chi connectivity index (χ4v) is 2.00. The van der Waals surface area contributed by atoms with Crippen molar-refractivity contribution in [3.63, 3.8) is 0 Å². The molecule has 0 aliphatic rings. The summed E-state index contributed by atoms with van der Waals surface area (Å²) < 4.78 is 5.35. The first-order valence-electron chi connectivity index (χ1n) is 6.10. The van der Waals surface area contributed by atoms with Crippen LogP contribution in [0.1, 0.15) is 30.7 Å². The minimum absolute atomic E-state index is 0.0427. The molecular weight excluding hydrogens is 230 g/mol. The van der Waals surface area contributed by atoms with Crippen LogP contribution in [0.4, 0.5) is 0 Å². The van der Waals surface area contributed by atoms with Crippen LogP contribution in [0.25, 0.3) is 0 Å². The number of aromatic nitrogens is 1. The number of carboxylic acids is 1. The molecule has 0 aliphatic heterocycles. The summed E-state index contributed by atoms with van der Waals surface area (Å²) in [4.78, 5) is 15.3. The zero-order chi connectivity index (χ0) is 13.9. The van der Waals surface area contributed by atoms with Gasteiger partial charge >= 0.3 is 5.97 Å². The molecule has 2 atom stereocenters. The standard InChI is InChI=1S/C14H21NO3/c1-8(10(3)14(16)17)6-12-11(4)13(18-5)9(2)7-15-12/h7-8,10H,6H2,1-5H3,(H,16,17). The fourth-order valence-electron chi connectivity index (χ4n) is 2.00. The summed E-state index contributed by atoms with van der Waals surface area (Å²) in [6.45, 7) is 7.58. The average molecular weight is 251 g/mol. The van der Waals surface area contributed by atoms with Gasteiger partial charge in [0.25, 0.3) is 0 Å². The van der Waals surface area contributed by atoms with E-state index in [1.807, 2.05) is 20.8 Å². The quantitative estimate of drug-likeness (QED) is 0.873. The largest absolute Gasteiger partial charge is 0.496 e. The SMILES string of the molecule is COc1c(C)cnc(CC(C)C(C)C(=O)O)c1C. The maximum atomic E-state index is 10.9. The van der Waals surface area contributed by atoms with Gasteiger partial charge in [-0.2, -0.15) is 0 Å². The molecule has 1 rings (SSSR count).